The van der Waals surface area contributed by atoms with Crippen LogP contribution in [0.4, 0.5) is 0 Å². The van der Waals surface area contributed by atoms with Gasteiger partial charge in [-0.2, -0.15) is 0 Å². The summed E-state index contributed by atoms with van der Waals surface area (Å²) in [6.07, 6.45) is 4.03. The molecule has 0 saturated carbocycles. The average Bonchev–Trinajstić information content (AvgIpc) is 3.28. The molecule has 1 aliphatic rings. The predicted molar refractivity (Wildman–Crippen MR) is 109 cm³/mol. The molecule has 8 nitrogen and oxygen atoms in total. The summed E-state index contributed by atoms with van der Waals surface area (Å²) in [5.41, 5.74) is 0.323. The van der Waals surface area contributed by atoms with Gasteiger partial charge in [0, 0.05) is 18.0 Å². The van der Waals surface area contributed by atoms with Crippen molar-refractivity contribution in [2.45, 2.75) is 17.7 Å². The molecule has 0 radical (unpaired) electrons. The van der Waals surface area contributed by atoms with Gasteiger partial charge in [0.05, 0.1) is 16.9 Å². The van der Waals surface area contributed by atoms with Gasteiger partial charge in [-0.05, 0) is 48.6 Å². The Kier molecular flexibility index (Phi) is 6.57. The number of ether oxygens (including phenoxy) is 1. The van der Waals surface area contributed by atoms with Crippen molar-refractivity contribution in [2.75, 3.05) is 13.7 Å². The van der Waals surface area contributed by atoms with Crippen LogP contribution in [0.15, 0.2) is 63.4 Å². The first-order chi connectivity index (χ1) is 13.9. The number of hydrogen-bond acceptors (Lipinski definition) is 7. The van der Waals surface area contributed by atoms with E-state index >= 15 is 0 Å². The van der Waals surface area contributed by atoms with Crippen LogP contribution in [0.2, 0.25) is 0 Å². The molecule has 0 aliphatic carbocycles. The fourth-order valence-electron chi connectivity index (χ4n) is 2.59. The first-order valence-electron chi connectivity index (χ1n) is 8.66. The summed E-state index contributed by atoms with van der Waals surface area (Å²) >= 11 is 1.22. The van der Waals surface area contributed by atoms with Crippen LogP contribution < -0.4 is 9.57 Å². The number of aliphatic imine (C=N–C) groups is 1. The van der Waals surface area contributed by atoms with Gasteiger partial charge in [0.15, 0.2) is 5.78 Å². The Hall–Kier alpha value is -2.82. The number of rotatable bonds is 8. The third-order valence-electron chi connectivity index (χ3n) is 4.10. The summed E-state index contributed by atoms with van der Waals surface area (Å²) in [7, 11) is -2.63. The van der Waals surface area contributed by atoms with Crippen LogP contribution >= 0.6 is 11.3 Å². The summed E-state index contributed by atoms with van der Waals surface area (Å²) in [6.45, 7) is -0.435. The van der Waals surface area contributed by atoms with Gasteiger partial charge in [-0.15, -0.1) is 16.2 Å². The third kappa shape index (κ3) is 5.17. The summed E-state index contributed by atoms with van der Waals surface area (Å²) < 4.78 is 30.6. The SMILES string of the molecule is COc1ccc(S(=O)(=O)NN(CC(=O)c2cccs2)C(=O)C2=CN=CCC2)cc1. The van der Waals surface area contributed by atoms with E-state index in [-0.39, 0.29) is 10.7 Å². The Morgan fingerprint density at radius 3 is 2.59 bits per heavy atom. The molecule has 1 aromatic heterocycles. The molecular formula is C19H19N3O5S2. The topological polar surface area (TPSA) is 105 Å². The van der Waals surface area contributed by atoms with Gasteiger partial charge in [0.1, 0.15) is 12.3 Å². The zero-order valence-electron chi connectivity index (χ0n) is 15.6. The lowest BCUT2D eigenvalue weighted by Crippen LogP contribution is -2.49. The molecule has 10 heteroatoms. The van der Waals surface area contributed by atoms with Gasteiger partial charge in [-0.1, -0.05) is 6.07 Å². The van der Waals surface area contributed by atoms with E-state index in [2.05, 4.69) is 9.82 Å². The minimum Gasteiger partial charge on any atom is -0.497 e. The van der Waals surface area contributed by atoms with E-state index in [9.17, 15) is 18.0 Å². The molecule has 0 spiro atoms. The molecule has 0 bridgehead atoms. The number of carbonyl (C=O) groups is 2. The van der Waals surface area contributed by atoms with Gasteiger partial charge in [-0.3, -0.25) is 19.6 Å². The normalized spacial score (nSPS) is 13.6. The van der Waals surface area contributed by atoms with Crippen LogP contribution in [0.25, 0.3) is 0 Å². The van der Waals surface area contributed by atoms with Crippen molar-refractivity contribution in [1.29, 1.82) is 0 Å². The maximum atomic E-state index is 12.9. The average molecular weight is 434 g/mol. The number of nitrogens with one attached hydrogen (secondary N) is 1. The highest BCUT2D eigenvalue weighted by atomic mass is 32.2. The Balaban J connectivity index is 1.86. The number of hydrazine groups is 1. The van der Waals surface area contributed by atoms with Crippen LogP contribution in [-0.2, 0) is 14.8 Å². The number of carbonyl (C=O) groups excluding carboxylic acids is 2. The molecule has 2 aromatic rings. The van der Waals surface area contributed by atoms with E-state index in [4.69, 9.17) is 4.74 Å². The van der Waals surface area contributed by atoms with Crippen LogP contribution in [0, 0.1) is 0 Å². The van der Waals surface area contributed by atoms with Crippen molar-refractivity contribution in [2.24, 2.45) is 4.99 Å². The number of Topliss-reactive ketones (excluding diaryl/α,β-unsaturated/α-hetero) is 1. The largest absolute Gasteiger partial charge is 0.497 e. The summed E-state index contributed by atoms with van der Waals surface area (Å²) in [5, 5.41) is 2.56. The van der Waals surface area contributed by atoms with Gasteiger partial charge in [-0.25, -0.2) is 8.42 Å². The zero-order chi connectivity index (χ0) is 20.9. The number of nitrogens with zero attached hydrogens (tertiary/aromatic N) is 2. The fourth-order valence-corrected chi connectivity index (χ4v) is 4.29. The summed E-state index contributed by atoms with van der Waals surface area (Å²) in [4.78, 5) is 32.0. The monoisotopic (exact) mass is 433 g/mol. The third-order valence-corrected chi connectivity index (χ3v) is 6.36. The highest BCUT2D eigenvalue weighted by Gasteiger charge is 2.27. The predicted octanol–water partition coefficient (Wildman–Crippen LogP) is 2.41. The molecule has 0 saturated heterocycles. The molecule has 1 amide bonds. The quantitative estimate of drug-likeness (QED) is 0.508. The van der Waals surface area contributed by atoms with Crippen LogP contribution in [0.3, 0.4) is 0 Å². The van der Waals surface area contributed by atoms with Crippen LogP contribution in [-0.4, -0.2) is 45.0 Å². The second-order valence-electron chi connectivity index (χ2n) is 6.09. The standard InChI is InChI=1S/C19H19N3O5S2/c1-27-15-6-8-16(9-7-15)29(25,26)21-22(13-17(23)18-5-3-11-28-18)19(24)14-4-2-10-20-12-14/h3,5-12,21H,2,4,13H2,1H3. The molecule has 2 heterocycles. The Morgan fingerprint density at radius 2 is 2.00 bits per heavy atom. The van der Waals surface area contributed by atoms with Crippen molar-refractivity contribution in [3.63, 3.8) is 0 Å². The van der Waals surface area contributed by atoms with Crippen molar-refractivity contribution >= 4 is 39.3 Å². The lowest BCUT2D eigenvalue weighted by Gasteiger charge is -2.24. The van der Waals surface area contributed by atoms with Crippen LogP contribution in [0.1, 0.15) is 22.5 Å². The number of methoxy groups -OCH3 is 1. The van der Waals surface area contributed by atoms with E-state index in [1.807, 2.05) is 0 Å². The Labute approximate surface area is 172 Å². The molecule has 0 atom stereocenters. The lowest BCUT2D eigenvalue weighted by molar-refractivity contribution is -0.128. The number of sulfonamides is 1. The molecule has 0 unspecified atom stereocenters. The molecule has 1 aromatic carbocycles. The summed E-state index contributed by atoms with van der Waals surface area (Å²) in [6, 6.07) is 9.04. The minimum absolute atomic E-state index is 0.0599. The van der Waals surface area contributed by atoms with Crippen LogP contribution in [0.5, 0.6) is 5.75 Å². The molecule has 1 aliphatic heterocycles. The second-order valence-corrected chi connectivity index (χ2v) is 8.70. The molecule has 0 fully saturated rings. The smallest absolute Gasteiger partial charge is 0.266 e. The van der Waals surface area contributed by atoms with Crippen molar-refractivity contribution < 1.29 is 22.7 Å². The van der Waals surface area contributed by atoms with E-state index in [0.29, 0.717) is 29.0 Å². The van der Waals surface area contributed by atoms with Crippen molar-refractivity contribution in [3.8, 4) is 5.75 Å². The highest BCUT2D eigenvalue weighted by molar-refractivity contribution is 7.89. The molecule has 29 heavy (non-hydrogen) atoms. The second kappa shape index (κ2) is 9.12. The molecule has 152 valence electrons. The minimum atomic E-state index is -4.10. The number of ketones is 1. The maximum absolute atomic E-state index is 12.9. The number of benzene rings is 1. The van der Waals surface area contributed by atoms with Crippen molar-refractivity contribution in [1.82, 2.24) is 9.84 Å². The van der Waals surface area contributed by atoms with E-state index < -0.39 is 22.5 Å². The number of amides is 1. The van der Waals surface area contributed by atoms with Gasteiger partial charge >= 0.3 is 0 Å². The zero-order valence-corrected chi connectivity index (χ0v) is 17.2. The highest BCUT2D eigenvalue weighted by Crippen LogP contribution is 2.18. The first-order valence-corrected chi connectivity index (χ1v) is 11.0. The van der Waals surface area contributed by atoms with Gasteiger partial charge in [0.25, 0.3) is 15.9 Å². The van der Waals surface area contributed by atoms with Crippen molar-refractivity contribution in [3.05, 3.63) is 58.4 Å². The van der Waals surface area contributed by atoms with Gasteiger partial charge in [0.2, 0.25) is 0 Å². The van der Waals surface area contributed by atoms with Gasteiger partial charge < -0.3 is 4.74 Å². The van der Waals surface area contributed by atoms with E-state index in [1.54, 1.807) is 23.7 Å². The molecule has 1 N–H and O–H groups in total. The molecule has 3 rings (SSSR count). The number of hydrogen-bond donors (Lipinski definition) is 1. The first kappa shape index (κ1) is 20.9. The maximum Gasteiger partial charge on any atom is 0.266 e. The molecular weight excluding hydrogens is 414 g/mol. The Bertz CT molecular complexity index is 1040. The van der Waals surface area contributed by atoms with E-state index in [1.165, 1.54) is 48.9 Å². The number of thiophene rings is 1. The summed E-state index contributed by atoms with van der Waals surface area (Å²) in [5.74, 6) is -0.482. The lowest BCUT2D eigenvalue weighted by atomic mass is 10.1. The van der Waals surface area contributed by atoms with E-state index in [0.717, 1.165) is 5.01 Å². The fraction of sp³-hybridized carbons (Fsp3) is 0.211. The Morgan fingerprint density at radius 1 is 1.24 bits per heavy atom.